The number of para-hydroxylation sites is 1. The number of nitrogens with one attached hydrogen (secondary N) is 1. The first-order valence-corrected chi connectivity index (χ1v) is 12.5. The van der Waals surface area contributed by atoms with Crippen molar-refractivity contribution in [1.82, 2.24) is 9.55 Å². The van der Waals surface area contributed by atoms with Crippen molar-refractivity contribution >= 4 is 44.9 Å². The van der Waals surface area contributed by atoms with Crippen LogP contribution in [0.1, 0.15) is 27.4 Å². The average molecular weight is 488 g/mol. The third kappa shape index (κ3) is 4.42. The quantitative estimate of drug-likeness (QED) is 0.228. The van der Waals surface area contributed by atoms with Gasteiger partial charge < -0.3 is 9.73 Å². The van der Waals surface area contributed by atoms with Crippen LogP contribution in [0.2, 0.25) is 0 Å². The molecule has 1 N–H and O–H groups in total. The summed E-state index contributed by atoms with van der Waals surface area (Å²) in [5.74, 6) is 0.965. The van der Waals surface area contributed by atoms with Crippen LogP contribution in [0.25, 0.3) is 15.9 Å². The molecular weight excluding hydrogens is 466 g/mol. The van der Waals surface area contributed by atoms with E-state index in [2.05, 4.69) is 5.32 Å². The molecule has 0 radical (unpaired) electrons. The number of nitrogens with zero attached hydrogens (tertiary/aromatic N) is 2. The van der Waals surface area contributed by atoms with E-state index in [1.165, 1.54) is 23.1 Å². The highest BCUT2D eigenvalue weighted by molar-refractivity contribution is 7.98. The van der Waals surface area contributed by atoms with Crippen LogP contribution in [0.3, 0.4) is 0 Å². The molecule has 0 atom stereocenters. The van der Waals surface area contributed by atoms with Crippen molar-refractivity contribution in [3.05, 3.63) is 105 Å². The summed E-state index contributed by atoms with van der Waals surface area (Å²) in [6, 6.07) is 20.6. The molecule has 5 aromatic rings. The third-order valence-electron chi connectivity index (χ3n) is 5.36. The summed E-state index contributed by atoms with van der Waals surface area (Å²) in [5, 5.41) is 5.90. The monoisotopic (exact) mass is 487 g/mol. The fourth-order valence-electron chi connectivity index (χ4n) is 3.56. The molecular formula is C26H21N3O3S2. The van der Waals surface area contributed by atoms with Crippen LogP contribution in [-0.4, -0.2) is 15.5 Å². The van der Waals surface area contributed by atoms with Crippen molar-refractivity contribution in [3.8, 4) is 5.69 Å². The first kappa shape index (κ1) is 22.2. The number of benzene rings is 2. The maximum Gasteiger partial charge on any atom is 0.291 e. The Kier molecular flexibility index (Phi) is 6.08. The number of thioether (sulfide) groups is 1. The summed E-state index contributed by atoms with van der Waals surface area (Å²) in [5.41, 5.74) is 3.51. The van der Waals surface area contributed by atoms with Gasteiger partial charge in [0, 0.05) is 5.69 Å². The highest BCUT2D eigenvalue weighted by Gasteiger charge is 2.17. The topological polar surface area (TPSA) is 77.1 Å². The Balaban J connectivity index is 1.39. The maximum absolute atomic E-state index is 13.3. The highest BCUT2D eigenvalue weighted by Crippen LogP contribution is 2.28. The molecule has 6 nitrogen and oxygen atoms in total. The van der Waals surface area contributed by atoms with E-state index in [1.807, 2.05) is 73.8 Å². The van der Waals surface area contributed by atoms with E-state index in [9.17, 15) is 9.59 Å². The lowest BCUT2D eigenvalue weighted by molar-refractivity contribution is 0.0995. The predicted molar refractivity (Wildman–Crippen MR) is 137 cm³/mol. The van der Waals surface area contributed by atoms with E-state index in [0.29, 0.717) is 32.6 Å². The SMILES string of the molecule is Cc1ccc(NC(=O)c2ccc(CSc3nc4sccc4c(=O)n3-c3ccccc3C)o2)cc1. The van der Waals surface area contributed by atoms with Crippen LogP contribution >= 0.6 is 23.1 Å². The summed E-state index contributed by atoms with van der Waals surface area (Å²) in [4.78, 5) is 31.3. The van der Waals surface area contributed by atoms with Crippen LogP contribution in [0, 0.1) is 13.8 Å². The molecule has 3 aromatic heterocycles. The molecule has 0 fully saturated rings. The zero-order valence-corrected chi connectivity index (χ0v) is 20.2. The van der Waals surface area contributed by atoms with Gasteiger partial charge in [0.25, 0.3) is 11.5 Å². The molecule has 5 rings (SSSR count). The zero-order chi connectivity index (χ0) is 23.7. The fourth-order valence-corrected chi connectivity index (χ4v) is 5.27. The lowest BCUT2D eigenvalue weighted by Gasteiger charge is -2.13. The second-order valence-electron chi connectivity index (χ2n) is 7.84. The standard InChI is InChI=1S/C26H21N3O3S2/c1-16-7-9-18(10-8-16)27-23(30)22-12-11-19(32-22)15-34-26-28-24-20(13-14-33-24)25(31)29(26)21-6-4-3-5-17(21)2/h3-14H,15H2,1-2H3,(H,27,30). The number of rotatable bonds is 6. The molecule has 0 bridgehead atoms. The minimum Gasteiger partial charge on any atom is -0.455 e. The van der Waals surface area contributed by atoms with Crippen LogP contribution in [0.4, 0.5) is 5.69 Å². The molecule has 0 saturated heterocycles. The first-order chi connectivity index (χ1) is 16.5. The highest BCUT2D eigenvalue weighted by atomic mass is 32.2. The summed E-state index contributed by atoms with van der Waals surface area (Å²) in [6.07, 6.45) is 0. The molecule has 0 aliphatic heterocycles. The largest absolute Gasteiger partial charge is 0.455 e. The van der Waals surface area contributed by atoms with E-state index in [4.69, 9.17) is 9.40 Å². The number of aromatic nitrogens is 2. The molecule has 2 aromatic carbocycles. The van der Waals surface area contributed by atoms with Gasteiger partial charge in [0.15, 0.2) is 10.9 Å². The number of hydrogen-bond donors (Lipinski definition) is 1. The van der Waals surface area contributed by atoms with Gasteiger partial charge in [-0.2, -0.15) is 0 Å². The zero-order valence-electron chi connectivity index (χ0n) is 18.6. The Morgan fingerprint density at radius 2 is 1.85 bits per heavy atom. The molecule has 0 aliphatic carbocycles. The number of fused-ring (bicyclic) bond motifs is 1. The van der Waals surface area contributed by atoms with E-state index in [1.54, 1.807) is 16.7 Å². The third-order valence-corrected chi connectivity index (χ3v) is 7.13. The Hall–Kier alpha value is -3.62. The Labute approximate surface area is 204 Å². The number of thiophene rings is 1. The Bertz CT molecular complexity index is 1550. The van der Waals surface area contributed by atoms with Crippen molar-refractivity contribution in [2.45, 2.75) is 24.8 Å². The van der Waals surface area contributed by atoms with E-state index >= 15 is 0 Å². The molecule has 0 aliphatic rings. The summed E-state index contributed by atoms with van der Waals surface area (Å²) < 4.78 is 7.45. The minimum atomic E-state index is -0.310. The van der Waals surface area contributed by atoms with Crippen LogP contribution in [0.15, 0.2) is 86.5 Å². The molecule has 34 heavy (non-hydrogen) atoms. The van der Waals surface area contributed by atoms with Gasteiger partial charge in [0.1, 0.15) is 10.6 Å². The van der Waals surface area contributed by atoms with Crippen molar-refractivity contribution < 1.29 is 9.21 Å². The van der Waals surface area contributed by atoms with Crippen molar-refractivity contribution in [2.24, 2.45) is 0 Å². The lowest BCUT2D eigenvalue weighted by atomic mass is 10.2. The first-order valence-electron chi connectivity index (χ1n) is 10.7. The van der Waals surface area contributed by atoms with Crippen molar-refractivity contribution in [3.63, 3.8) is 0 Å². The summed E-state index contributed by atoms with van der Waals surface area (Å²) >= 11 is 2.84. The average Bonchev–Trinajstić information content (AvgIpc) is 3.50. The van der Waals surface area contributed by atoms with Gasteiger partial charge in [-0.3, -0.25) is 14.2 Å². The number of aryl methyl sites for hydroxylation is 2. The van der Waals surface area contributed by atoms with Gasteiger partial charge in [-0.1, -0.05) is 47.7 Å². The molecule has 1 amide bonds. The Morgan fingerprint density at radius 1 is 1.06 bits per heavy atom. The summed E-state index contributed by atoms with van der Waals surface area (Å²) in [7, 11) is 0. The molecule has 0 spiro atoms. The van der Waals surface area contributed by atoms with E-state index in [-0.39, 0.29) is 17.2 Å². The predicted octanol–water partition coefficient (Wildman–Crippen LogP) is 6.20. The van der Waals surface area contributed by atoms with Gasteiger partial charge in [-0.15, -0.1) is 11.3 Å². The lowest BCUT2D eigenvalue weighted by Crippen LogP contribution is -2.21. The van der Waals surface area contributed by atoms with Crippen LogP contribution in [-0.2, 0) is 5.75 Å². The van der Waals surface area contributed by atoms with Crippen LogP contribution in [0.5, 0.6) is 0 Å². The number of anilines is 1. The van der Waals surface area contributed by atoms with Crippen molar-refractivity contribution in [1.29, 1.82) is 0 Å². The van der Waals surface area contributed by atoms with Gasteiger partial charge in [-0.05, 0) is 61.2 Å². The van der Waals surface area contributed by atoms with Gasteiger partial charge in [-0.25, -0.2) is 4.98 Å². The number of amides is 1. The second-order valence-corrected chi connectivity index (χ2v) is 9.67. The number of furan rings is 1. The molecule has 8 heteroatoms. The smallest absolute Gasteiger partial charge is 0.291 e. The summed E-state index contributed by atoms with van der Waals surface area (Å²) in [6.45, 7) is 3.96. The Morgan fingerprint density at radius 3 is 2.65 bits per heavy atom. The van der Waals surface area contributed by atoms with E-state index in [0.717, 1.165) is 16.8 Å². The second kappa shape index (κ2) is 9.32. The minimum absolute atomic E-state index is 0.0966. The van der Waals surface area contributed by atoms with Gasteiger partial charge in [0.2, 0.25) is 0 Å². The number of hydrogen-bond acceptors (Lipinski definition) is 6. The molecule has 0 saturated carbocycles. The molecule has 3 heterocycles. The number of carbonyl (C=O) groups is 1. The molecule has 0 unspecified atom stereocenters. The normalized spacial score (nSPS) is 11.1. The van der Waals surface area contributed by atoms with E-state index < -0.39 is 0 Å². The molecule has 170 valence electrons. The number of carbonyl (C=O) groups excluding carboxylic acids is 1. The van der Waals surface area contributed by atoms with Gasteiger partial charge in [0.05, 0.1) is 16.8 Å². The maximum atomic E-state index is 13.3. The van der Waals surface area contributed by atoms with Crippen LogP contribution < -0.4 is 10.9 Å². The van der Waals surface area contributed by atoms with Crippen molar-refractivity contribution in [2.75, 3.05) is 5.32 Å². The fraction of sp³-hybridized carbons (Fsp3) is 0.115. The van der Waals surface area contributed by atoms with Gasteiger partial charge >= 0.3 is 0 Å².